The van der Waals surface area contributed by atoms with Crippen LogP contribution in [0, 0.1) is 0 Å². The number of rotatable bonds is 70. The van der Waals surface area contributed by atoms with Crippen molar-refractivity contribution < 1.29 is 49.3 Å². The highest BCUT2D eigenvalue weighted by Gasteiger charge is 2.44. The van der Waals surface area contributed by atoms with Crippen molar-refractivity contribution in [1.82, 2.24) is 5.32 Å². The number of esters is 1. The molecular formula is C83H149NO10. The summed E-state index contributed by atoms with van der Waals surface area (Å²) in [6.07, 6.45) is 89.5. The lowest BCUT2D eigenvalue weighted by molar-refractivity contribution is -0.302. The van der Waals surface area contributed by atoms with Crippen LogP contribution in [-0.2, 0) is 23.8 Å². The number of aliphatic hydroxyl groups excluding tert-OH is 5. The molecule has 1 fully saturated rings. The molecule has 1 heterocycles. The van der Waals surface area contributed by atoms with Crippen LogP contribution in [0.25, 0.3) is 0 Å². The van der Waals surface area contributed by atoms with Crippen LogP contribution >= 0.6 is 0 Å². The SMILES string of the molecule is C/C=C/CC/C=C/CC/C=C/C(O)C(COC1OC(CO)C(O)C(O)C1O)NC(=O)CCCCCCCCCCCCCCCCCCC/C=C\C/C=C\CCCCCCCCCCCCCCCCCOC(=O)CCCCCCCCC/C=C\C/C=C\CCCCCC. The third-order valence-electron chi connectivity index (χ3n) is 18.5. The minimum absolute atomic E-state index is 0.00672. The fourth-order valence-corrected chi connectivity index (χ4v) is 12.3. The predicted molar refractivity (Wildman–Crippen MR) is 398 cm³/mol. The molecule has 7 atom stereocenters. The highest BCUT2D eigenvalue weighted by atomic mass is 16.7. The molecule has 1 aliphatic heterocycles. The molecule has 1 amide bonds. The molecule has 1 aliphatic rings. The zero-order valence-corrected chi connectivity index (χ0v) is 60.9. The maximum absolute atomic E-state index is 13.0. The van der Waals surface area contributed by atoms with Crippen LogP contribution in [0.4, 0.5) is 0 Å². The van der Waals surface area contributed by atoms with Gasteiger partial charge >= 0.3 is 5.97 Å². The number of hydrogen-bond donors (Lipinski definition) is 6. The molecule has 7 unspecified atom stereocenters. The summed E-state index contributed by atoms with van der Waals surface area (Å²) < 4.78 is 16.7. The van der Waals surface area contributed by atoms with Gasteiger partial charge in [-0.3, -0.25) is 9.59 Å². The Morgan fingerprint density at radius 2 is 0.766 bits per heavy atom. The monoisotopic (exact) mass is 1320 g/mol. The van der Waals surface area contributed by atoms with Crippen LogP contribution in [0.15, 0.2) is 85.1 Å². The first-order chi connectivity index (χ1) is 46.2. The molecule has 0 radical (unpaired) electrons. The molecule has 0 aromatic heterocycles. The lowest BCUT2D eigenvalue weighted by Gasteiger charge is -2.40. The molecule has 0 aromatic rings. The predicted octanol–water partition coefficient (Wildman–Crippen LogP) is 21.6. The van der Waals surface area contributed by atoms with Gasteiger partial charge in [-0.2, -0.15) is 0 Å². The van der Waals surface area contributed by atoms with Gasteiger partial charge in [-0.05, 0) is 116 Å². The second kappa shape index (κ2) is 71.1. The van der Waals surface area contributed by atoms with Crippen molar-refractivity contribution in [2.45, 2.75) is 410 Å². The van der Waals surface area contributed by atoms with E-state index in [1.54, 1.807) is 6.08 Å². The van der Waals surface area contributed by atoms with Gasteiger partial charge in [-0.25, -0.2) is 0 Å². The zero-order chi connectivity index (χ0) is 67.9. The lowest BCUT2D eigenvalue weighted by Crippen LogP contribution is -2.60. The topological polar surface area (TPSA) is 175 Å². The van der Waals surface area contributed by atoms with E-state index < -0.39 is 49.5 Å². The molecule has 0 spiro atoms. The molecule has 0 aliphatic carbocycles. The Morgan fingerprint density at radius 3 is 1.17 bits per heavy atom. The lowest BCUT2D eigenvalue weighted by atomic mass is 9.99. The summed E-state index contributed by atoms with van der Waals surface area (Å²) in [6.45, 7) is 4.10. The number of aliphatic hydroxyl groups is 5. The summed E-state index contributed by atoms with van der Waals surface area (Å²) in [6, 6.07) is -0.832. The molecule has 1 saturated heterocycles. The Hall–Kier alpha value is -3.16. The molecule has 0 bridgehead atoms. The van der Waals surface area contributed by atoms with Crippen LogP contribution in [0.5, 0.6) is 0 Å². The average molecular weight is 1320 g/mol. The Morgan fingerprint density at radius 1 is 0.415 bits per heavy atom. The number of carbonyl (C=O) groups excluding carboxylic acids is 2. The van der Waals surface area contributed by atoms with Gasteiger partial charge in [0, 0.05) is 12.8 Å². The molecule has 0 saturated carbocycles. The van der Waals surface area contributed by atoms with Gasteiger partial charge in [0.25, 0.3) is 0 Å². The number of unbranched alkanes of at least 4 members (excludes halogenated alkanes) is 45. The van der Waals surface area contributed by atoms with Crippen molar-refractivity contribution in [3.8, 4) is 0 Å². The van der Waals surface area contributed by atoms with E-state index in [-0.39, 0.29) is 18.5 Å². The van der Waals surface area contributed by atoms with Crippen LogP contribution in [0.3, 0.4) is 0 Å². The molecule has 546 valence electrons. The third kappa shape index (κ3) is 58.9. The van der Waals surface area contributed by atoms with Crippen LogP contribution in [-0.4, -0.2) is 100 Å². The highest BCUT2D eigenvalue weighted by molar-refractivity contribution is 5.76. The van der Waals surface area contributed by atoms with E-state index in [0.717, 1.165) is 77.0 Å². The van der Waals surface area contributed by atoms with Gasteiger partial charge in [0.2, 0.25) is 5.91 Å². The van der Waals surface area contributed by atoms with E-state index in [4.69, 9.17) is 14.2 Å². The minimum Gasteiger partial charge on any atom is -0.466 e. The Balaban J connectivity index is 1.86. The van der Waals surface area contributed by atoms with Crippen molar-refractivity contribution >= 4 is 11.9 Å². The van der Waals surface area contributed by atoms with Gasteiger partial charge in [0.15, 0.2) is 6.29 Å². The Labute approximate surface area is 578 Å². The standard InChI is InChI=1S/C83H149NO10/c1-3-5-7-9-11-13-14-15-16-17-42-45-48-51-55-59-63-67-71-79(88)92-72-68-64-60-56-52-49-46-43-40-38-36-34-32-30-28-26-24-22-20-18-19-21-23-25-27-29-31-33-35-37-39-41-44-47-50-54-58-62-66-70-78(87)84-75(76(86)69-65-61-57-53-12-10-8-6-4-2)74-93-83-82(91)81(90)80(89)77(73-85)94-83/h4,6,12-14,16-19,22,24,53,65,69,75-77,80-83,85-86,89-91H,3,5,7-11,15,20-21,23,25-52,54-64,66-68,70-74H2,1-2H3,(H,84,87)/b6-4+,14-13-,17-16-,19-18-,24-22-,53-12+,69-65+. The van der Waals surface area contributed by atoms with Gasteiger partial charge in [0.1, 0.15) is 24.4 Å². The molecule has 1 rings (SSSR count). The van der Waals surface area contributed by atoms with E-state index in [0.29, 0.717) is 19.4 Å². The van der Waals surface area contributed by atoms with E-state index in [9.17, 15) is 35.1 Å². The van der Waals surface area contributed by atoms with Gasteiger partial charge in [-0.1, -0.05) is 323 Å². The molecule has 0 aromatic carbocycles. The number of ether oxygens (including phenoxy) is 3. The van der Waals surface area contributed by atoms with Crippen molar-refractivity contribution in [3.05, 3.63) is 85.1 Å². The zero-order valence-electron chi connectivity index (χ0n) is 60.9. The molecule has 6 N–H and O–H groups in total. The maximum atomic E-state index is 13.0. The maximum Gasteiger partial charge on any atom is 0.305 e. The average Bonchev–Trinajstić information content (AvgIpc) is 0.834. The Kier molecular flexibility index (Phi) is 67.2. The van der Waals surface area contributed by atoms with Gasteiger partial charge < -0.3 is 45.1 Å². The van der Waals surface area contributed by atoms with Gasteiger partial charge in [-0.15, -0.1) is 0 Å². The second-order valence-corrected chi connectivity index (χ2v) is 27.4. The third-order valence-corrected chi connectivity index (χ3v) is 18.5. The molecule has 11 nitrogen and oxygen atoms in total. The van der Waals surface area contributed by atoms with Crippen LogP contribution in [0.1, 0.15) is 367 Å². The second-order valence-electron chi connectivity index (χ2n) is 27.4. The van der Waals surface area contributed by atoms with Crippen molar-refractivity contribution in [2.75, 3.05) is 19.8 Å². The van der Waals surface area contributed by atoms with Crippen LogP contribution in [0.2, 0.25) is 0 Å². The number of allylic oxidation sites excluding steroid dienone is 13. The highest BCUT2D eigenvalue weighted by Crippen LogP contribution is 2.23. The number of nitrogens with one attached hydrogen (secondary N) is 1. The molecule has 11 heteroatoms. The summed E-state index contributed by atoms with van der Waals surface area (Å²) >= 11 is 0. The smallest absolute Gasteiger partial charge is 0.305 e. The van der Waals surface area contributed by atoms with E-state index in [1.165, 1.54) is 263 Å². The normalized spacial score (nSPS) is 17.9. The van der Waals surface area contributed by atoms with E-state index in [1.807, 2.05) is 19.1 Å². The fraction of sp³-hybridized carbons (Fsp3) is 0.807. The minimum atomic E-state index is -1.58. The van der Waals surface area contributed by atoms with Crippen LogP contribution < -0.4 is 5.32 Å². The first-order valence-electron chi connectivity index (χ1n) is 39.8. The number of hydrogen-bond acceptors (Lipinski definition) is 10. The number of amides is 1. The number of carbonyl (C=O) groups is 2. The fourth-order valence-electron chi connectivity index (χ4n) is 12.3. The van der Waals surface area contributed by atoms with E-state index >= 15 is 0 Å². The Bertz CT molecular complexity index is 1840. The first kappa shape index (κ1) is 88.9. The van der Waals surface area contributed by atoms with Gasteiger partial charge in [0.05, 0.1) is 32.0 Å². The first-order valence-corrected chi connectivity index (χ1v) is 39.8. The summed E-state index contributed by atoms with van der Waals surface area (Å²) in [5, 5.41) is 54.3. The summed E-state index contributed by atoms with van der Waals surface area (Å²) in [4.78, 5) is 25.1. The van der Waals surface area contributed by atoms with Crippen molar-refractivity contribution in [1.29, 1.82) is 0 Å². The van der Waals surface area contributed by atoms with Crippen molar-refractivity contribution in [2.24, 2.45) is 0 Å². The largest absolute Gasteiger partial charge is 0.466 e. The molecule has 94 heavy (non-hydrogen) atoms. The quantitative estimate of drug-likeness (QED) is 0.0195. The van der Waals surface area contributed by atoms with E-state index in [2.05, 4.69) is 79.1 Å². The summed E-state index contributed by atoms with van der Waals surface area (Å²) in [5.74, 6) is -0.189. The van der Waals surface area contributed by atoms with Crippen molar-refractivity contribution in [3.63, 3.8) is 0 Å². The summed E-state index contributed by atoms with van der Waals surface area (Å²) in [7, 11) is 0. The molecular weight excluding hydrogens is 1170 g/mol. The summed E-state index contributed by atoms with van der Waals surface area (Å²) in [5.41, 5.74) is 0.